The molecule has 1 fully saturated rings. The minimum atomic E-state index is -3.51. The first-order valence-electron chi connectivity index (χ1n) is 5.70. The minimum absolute atomic E-state index is 0. The van der Waals surface area contributed by atoms with Crippen LogP contribution in [-0.4, -0.2) is 30.3 Å². The van der Waals surface area contributed by atoms with Crippen LogP contribution in [0.25, 0.3) is 0 Å². The van der Waals surface area contributed by atoms with E-state index in [4.69, 9.17) is 5.73 Å². The molecule has 8 heteroatoms. The number of sulfonamides is 1. The Hall–Kier alpha value is -0.630. The van der Waals surface area contributed by atoms with Gasteiger partial charge in [-0.05, 0) is 12.8 Å². The van der Waals surface area contributed by atoms with Crippen molar-refractivity contribution in [1.82, 2.24) is 14.5 Å². The van der Waals surface area contributed by atoms with Gasteiger partial charge in [0.05, 0.1) is 6.20 Å². The molecule has 1 aromatic heterocycles. The monoisotopic (exact) mass is 294 g/mol. The maximum atomic E-state index is 12.1. The Bertz CT molecular complexity index is 494. The SMILES string of the molecule is Cl.Cn1cc(S(=O)(=O)NC2(CN)CCCC2)cn1. The molecule has 0 saturated heterocycles. The van der Waals surface area contributed by atoms with E-state index in [0.717, 1.165) is 25.7 Å². The molecule has 0 aromatic carbocycles. The Kier molecular flexibility index (Phi) is 4.77. The van der Waals surface area contributed by atoms with E-state index in [0.29, 0.717) is 6.54 Å². The first-order chi connectivity index (χ1) is 7.97. The summed E-state index contributed by atoms with van der Waals surface area (Å²) in [6.07, 6.45) is 6.49. The van der Waals surface area contributed by atoms with Gasteiger partial charge in [0, 0.05) is 25.3 Å². The molecule has 0 amide bonds. The molecule has 2 rings (SSSR count). The molecule has 0 aliphatic heterocycles. The van der Waals surface area contributed by atoms with E-state index in [1.54, 1.807) is 7.05 Å². The molecule has 1 aliphatic carbocycles. The van der Waals surface area contributed by atoms with Crippen LogP contribution >= 0.6 is 12.4 Å². The van der Waals surface area contributed by atoms with Gasteiger partial charge in [0.2, 0.25) is 10.0 Å². The van der Waals surface area contributed by atoms with Gasteiger partial charge >= 0.3 is 0 Å². The zero-order chi connectivity index (χ0) is 12.5. The summed E-state index contributed by atoms with van der Waals surface area (Å²) in [5.41, 5.74) is 5.25. The molecule has 1 saturated carbocycles. The van der Waals surface area contributed by atoms with Crippen LogP contribution in [0, 0.1) is 0 Å². The second kappa shape index (κ2) is 5.56. The van der Waals surface area contributed by atoms with Gasteiger partial charge in [-0.15, -0.1) is 12.4 Å². The lowest BCUT2D eigenvalue weighted by Crippen LogP contribution is -2.51. The van der Waals surface area contributed by atoms with Crippen LogP contribution in [0.15, 0.2) is 17.3 Å². The van der Waals surface area contributed by atoms with Crippen LogP contribution in [-0.2, 0) is 17.1 Å². The highest BCUT2D eigenvalue weighted by Gasteiger charge is 2.37. The summed E-state index contributed by atoms with van der Waals surface area (Å²) in [4.78, 5) is 0.194. The Morgan fingerprint density at radius 3 is 2.56 bits per heavy atom. The van der Waals surface area contributed by atoms with Gasteiger partial charge in [-0.25, -0.2) is 13.1 Å². The average molecular weight is 295 g/mol. The summed E-state index contributed by atoms with van der Waals surface area (Å²) in [5, 5.41) is 3.87. The summed E-state index contributed by atoms with van der Waals surface area (Å²) in [6, 6.07) is 0. The molecule has 0 unspecified atom stereocenters. The Labute approximate surface area is 113 Å². The molecule has 1 aliphatic rings. The molecule has 0 atom stereocenters. The highest BCUT2D eigenvalue weighted by atomic mass is 35.5. The number of nitrogens with two attached hydrogens (primary N) is 1. The molecule has 1 heterocycles. The van der Waals surface area contributed by atoms with Crippen LogP contribution < -0.4 is 10.5 Å². The lowest BCUT2D eigenvalue weighted by molar-refractivity contribution is 0.399. The van der Waals surface area contributed by atoms with E-state index in [-0.39, 0.29) is 17.3 Å². The zero-order valence-electron chi connectivity index (χ0n) is 10.3. The summed E-state index contributed by atoms with van der Waals surface area (Å²) in [5.74, 6) is 0. The molecule has 0 spiro atoms. The van der Waals surface area contributed by atoms with Crippen molar-refractivity contribution in [2.75, 3.05) is 6.54 Å². The van der Waals surface area contributed by atoms with Gasteiger partial charge in [0.1, 0.15) is 4.90 Å². The fraction of sp³-hybridized carbons (Fsp3) is 0.700. The molecular formula is C10H19ClN4O2S. The topological polar surface area (TPSA) is 90.0 Å². The Morgan fingerprint density at radius 2 is 2.11 bits per heavy atom. The fourth-order valence-corrected chi connectivity index (χ4v) is 3.73. The van der Waals surface area contributed by atoms with E-state index in [1.165, 1.54) is 17.1 Å². The normalized spacial score (nSPS) is 18.6. The highest BCUT2D eigenvalue weighted by Crippen LogP contribution is 2.30. The van der Waals surface area contributed by atoms with Crippen molar-refractivity contribution >= 4 is 22.4 Å². The predicted molar refractivity (Wildman–Crippen MR) is 71.0 cm³/mol. The van der Waals surface area contributed by atoms with E-state index < -0.39 is 15.6 Å². The number of hydrogen-bond acceptors (Lipinski definition) is 4. The average Bonchev–Trinajstić information content (AvgIpc) is 2.87. The van der Waals surface area contributed by atoms with Crippen molar-refractivity contribution in [1.29, 1.82) is 0 Å². The summed E-state index contributed by atoms with van der Waals surface area (Å²) in [7, 11) is -1.82. The molecule has 1 aromatic rings. The number of aryl methyl sites for hydroxylation is 1. The van der Waals surface area contributed by atoms with Crippen molar-refractivity contribution in [3.8, 4) is 0 Å². The van der Waals surface area contributed by atoms with Gasteiger partial charge < -0.3 is 5.73 Å². The van der Waals surface area contributed by atoms with Crippen molar-refractivity contribution in [2.45, 2.75) is 36.1 Å². The molecule has 0 radical (unpaired) electrons. The molecule has 104 valence electrons. The van der Waals surface area contributed by atoms with Gasteiger partial charge in [-0.2, -0.15) is 5.10 Å². The summed E-state index contributed by atoms with van der Waals surface area (Å²) >= 11 is 0. The molecular weight excluding hydrogens is 276 g/mol. The van der Waals surface area contributed by atoms with E-state index >= 15 is 0 Å². The maximum Gasteiger partial charge on any atom is 0.244 e. The number of halogens is 1. The first kappa shape index (κ1) is 15.4. The largest absolute Gasteiger partial charge is 0.329 e. The van der Waals surface area contributed by atoms with Gasteiger partial charge in [-0.3, -0.25) is 4.68 Å². The fourth-order valence-electron chi connectivity index (χ4n) is 2.28. The molecule has 18 heavy (non-hydrogen) atoms. The number of aromatic nitrogens is 2. The third kappa shape index (κ3) is 3.03. The van der Waals surface area contributed by atoms with Gasteiger partial charge in [0.25, 0.3) is 0 Å². The zero-order valence-corrected chi connectivity index (χ0v) is 11.9. The van der Waals surface area contributed by atoms with Crippen LogP contribution in [0.4, 0.5) is 0 Å². The second-order valence-corrected chi connectivity index (χ2v) is 6.33. The Balaban J connectivity index is 0.00000162. The first-order valence-corrected chi connectivity index (χ1v) is 7.18. The standard InChI is InChI=1S/C10H18N4O2S.ClH/c1-14-7-9(6-12-14)17(15,16)13-10(8-11)4-2-3-5-10;/h6-7,13H,2-5,8,11H2,1H3;1H. The summed E-state index contributed by atoms with van der Waals surface area (Å²) in [6.45, 7) is 0.340. The van der Waals surface area contributed by atoms with E-state index in [9.17, 15) is 8.42 Å². The van der Waals surface area contributed by atoms with Crippen molar-refractivity contribution < 1.29 is 8.42 Å². The lowest BCUT2D eigenvalue weighted by Gasteiger charge is -2.27. The third-order valence-electron chi connectivity index (χ3n) is 3.29. The minimum Gasteiger partial charge on any atom is -0.329 e. The maximum absolute atomic E-state index is 12.1. The quantitative estimate of drug-likeness (QED) is 0.841. The number of hydrogen-bond donors (Lipinski definition) is 2. The predicted octanol–water partition coefficient (Wildman–Crippen LogP) is 0.392. The molecule has 0 bridgehead atoms. The second-order valence-electron chi connectivity index (χ2n) is 4.65. The van der Waals surface area contributed by atoms with Crippen LogP contribution in [0.2, 0.25) is 0 Å². The van der Waals surface area contributed by atoms with Gasteiger partial charge in [-0.1, -0.05) is 12.8 Å². The molecule has 3 N–H and O–H groups in total. The Morgan fingerprint density at radius 1 is 1.50 bits per heavy atom. The summed E-state index contributed by atoms with van der Waals surface area (Å²) < 4.78 is 28.5. The number of nitrogens with one attached hydrogen (secondary N) is 1. The van der Waals surface area contributed by atoms with E-state index in [1.807, 2.05) is 0 Å². The lowest BCUT2D eigenvalue weighted by atomic mass is 10.0. The van der Waals surface area contributed by atoms with Crippen LogP contribution in [0.3, 0.4) is 0 Å². The van der Waals surface area contributed by atoms with Crippen LogP contribution in [0.1, 0.15) is 25.7 Å². The number of rotatable bonds is 4. The molecule has 6 nitrogen and oxygen atoms in total. The van der Waals surface area contributed by atoms with Crippen LogP contribution in [0.5, 0.6) is 0 Å². The smallest absolute Gasteiger partial charge is 0.244 e. The van der Waals surface area contributed by atoms with E-state index in [2.05, 4.69) is 9.82 Å². The van der Waals surface area contributed by atoms with Crippen molar-refractivity contribution in [3.63, 3.8) is 0 Å². The van der Waals surface area contributed by atoms with Gasteiger partial charge in [0.15, 0.2) is 0 Å². The van der Waals surface area contributed by atoms with Crippen molar-refractivity contribution in [3.05, 3.63) is 12.4 Å². The highest BCUT2D eigenvalue weighted by molar-refractivity contribution is 7.89. The number of nitrogens with zero attached hydrogens (tertiary/aromatic N) is 2. The third-order valence-corrected chi connectivity index (χ3v) is 4.83. The van der Waals surface area contributed by atoms with Crippen molar-refractivity contribution in [2.24, 2.45) is 12.8 Å².